The quantitative estimate of drug-likeness (QED) is 0.733. The molecule has 2 atom stereocenters. The van der Waals surface area contributed by atoms with Gasteiger partial charge in [0.05, 0.1) is 0 Å². The van der Waals surface area contributed by atoms with Crippen LogP contribution in [0.15, 0.2) is 0 Å². The third-order valence-electron chi connectivity index (χ3n) is 4.11. The van der Waals surface area contributed by atoms with Crippen molar-refractivity contribution >= 4 is 0 Å². The average molecular weight is 240 g/mol. The standard InChI is InChI=1S/C15H32N2/c1-4-10-15(13-16-6-3)17-12-9-7-8-11-14(17)5-2/h14-16H,4-13H2,1-3H3. The first-order chi connectivity index (χ1) is 8.33. The van der Waals surface area contributed by atoms with Crippen LogP contribution in [-0.2, 0) is 0 Å². The van der Waals surface area contributed by atoms with Crippen LogP contribution in [0.4, 0.5) is 0 Å². The topological polar surface area (TPSA) is 15.3 Å². The van der Waals surface area contributed by atoms with Gasteiger partial charge in [0.1, 0.15) is 0 Å². The Morgan fingerprint density at radius 3 is 2.65 bits per heavy atom. The van der Waals surface area contributed by atoms with Crippen LogP contribution in [0, 0.1) is 0 Å². The second-order valence-electron chi connectivity index (χ2n) is 5.40. The van der Waals surface area contributed by atoms with Crippen LogP contribution < -0.4 is 5.32 Å². The molecule has 0 aromatic carbocycles. The number of rotatable bonds is 7. The molecule has 1 N–H and O–H groups in total. The second kappa shape index (κ2) is 8.93. The highest BCUT2D eigenvalue weighted by molar-refractivity contribution is 4.82. The van der Waals surface area contributed by atoms with Crippen molar-refractivity contribution in [1.29, 1.82) is 0 Å². The minimum Gasteiger partial charge on any atom is -0.315 e. The first-order valence-electron chi connectivity index (χ1n) is 7.79. The smallest absolute Gasteiger partial charge is 0.0223 e. The Bertz CT molecular complexity index is 182. The van der Waals surface area contributed by atoms with Gasteiger partial charge in [-0.3, -0.25) is 4.90 Å². The van der Waals surface area contributed by atoms with Gasteiger partial charge in [-0.05, 0) is 38.8 Å². The third kappa shape index (κ3) is 4.97. The van der Waals surface area contributed by atoms with Crippen molar-refractivity contribution in [3.8, 4) is 0 Å². The van der Waals surface area contributed by atoms with Gasteiger partial charge in [0.15, 0.2) is 0 Å². The van der Waals surface area contributed by atoms with Crippen LogP contribution >= 0.6 is 0 Å². The molecule has 2 heteroatoms. The van der Waals surface area contributed by atoms with Crippen molar-refractivity contribution in [2.45, 2.75) is 77.8 Å². The van der Waals surface area contributed by atoms with E-state index >= 15 is 0 Å². The number of hydrogen-bond acceptors (Lipinski definition) is 2. The van der Waals surface area contributed by atoms with Crippen LogP contribution in [0.25, 0.3) is 0 Å². The van der Waals surface area contributed by atoms with Gasteiger partial charge in [-0.1, -0.05) is 40.0 Å². The van der Waals surface area contributed by atoms with Crippen LogP contribution in [0.3, 0.4) is 0 Å². The van der Waals surface area contributed by atoms with E-state index in [2.05, 4.69) is 31.0 Å². The largest absolute Gasteiger partial charge is 0.315 e. The number of likely N-dealkylation sites (N-methyl/N-ethyl adjacent to an activating group) is 1. The molecule has 0 bridgehead atoms. The summed E-state index contributed by atoms with van der Waals surface area (Å²) in [5, 5.41) is 3.55. The zero-order chi connectivity index (χ0) is 12.5. The Morgan fingerprint density at radius 2 is 2.00 bits per heavy atom. The Hall–Kier alpha value is -0.0800. The van der Waals surface area contributed by atoms with Gasteiger partial charge in [0.2, 0.25) is 0 Å². The first-order valence-corrected chi connectivity index (χ1v) is 7.79. The van der Waals surface area contributed by atoms with Crippen molar-refractivity contribution < 1.29 is 0 Å². The first kappa shape index (κ1) is 15.0. The van der Waals surface area contributed by atoms with E-state index < -0.39 is 0 Å². The second-order valence-corrected chi connectivity index (χ2v) is 5.40. The maximum Gasteiger partial charge on any atom is 0.0223 e. The zero-order valence-electron chi connectivity index (χ0n) is 12.2. The van der Waals surface area contributed by atoms with E-state index in [1.54, 1.807) is 0 Å². The molecule has 0 aliphatic carbocycles. The lowest BCUT2D eigenvalue weighted by atomic mass is 10.0. The molecule has 17 heavy (non-hydrogen) atoms. The molecule has 0 aromatic rings. The van der Waals surface area contributed by atoms with E-state index in [4.69, 9.17) is 0 Å². The summed E-state index contributed by atoms with van der Waals surface area (Å²) in [6.07, 6.45) is 9.69. The molecule has 2 unspecified atom stereocenters. The average Bonchev–Trinajstić information content (AvgIpc) is 2.59. The molecule has 1 rings (SSSR count). The van der Waals surface area contributed by atoms with E-state index in [1.165, 1.54) is 58.0 Å². The van der Waals surface area contributed by atoms with Crippen molar-refractivity contribution in [2.75, 3.05) is 19.6 Å². The van der Waals surface area contributed by atoms with Gasteiger partial charge < -0.3 is 5.32 Å². The Balaban J connectivity index is 2.58. The maximum absolute atomic E-state index is 3.55. The highest BCUT2D eigenvalue weighted by Crippen LogP contribution is 2.23. The van der Waals surface area contributed by atoms with Crippen LogP contribution in [0.2, 0.25) is 0 Å². The van der Waals surface area contributed by atoms with Gasteiger partial charge in [0, 0.05) is 18.6 Å². The summed E-state index contributed by atoms with van der Waals surface area (Å²) in [5.74, 6) is 0. The van der Waals surface area contributed by atoms with E-state index in [0.717, 1.165) is 18.6 Å². The fraction of sp³-hybridized carbons (Fsp3) is 1.00. The number of likely N-dealkylation sites (tertiary alicyclic amines) is 1. The molecule has 102 valence electrons. The SMILES string of the molecule is CCCC(CNCC)N1CCCCCC1CC. The fourth-order valence-corrected chi connectivity index (χ4v) is 3.15. The summed E-state index contributed by atoms with van der Waals surface area (Å²) in [6, 6.07) is 1.61. The minimum atomic E-state index is 0.767. The van der Waals surface area contributed by atoms with Crippen molar-refractivity contribution in [1.82, 2.24) is 10.2 Å². The molecule has 1 heterocycles. The molecule has 1 aliphatic rings. The van der Waals surface area contributed by atoms with Gasteiger partial charge >= 0.3 is 0 Å². The van der Waals surface area contributed by atoms with E-state index in [0.29, 0.717) is 0 Å². The van der Waals surface area contributed by atoms with E-state index in [1.807, 2.05) is 0 Å². The molecule has 0 saturated carbocycles. The minimum absolute atomic E-state index is 0.767. The van der Waals surface area contributed by atoms with Gasteiger partial charge in [-0.25, -0.2) is 0 Å². The Labute approximate surface area is 108 Å². The number of nitrogens with one attached hydrogen (secondary N) is 1. The lowest BCUT2D eigenvalue weighted by Gasteiger charge is -2.37. The molecule has 2 nitrogen and oxygen atoms in total. The van der Waals surface area contributed by atoms with Crippen molar-refractivity contribution in [2.24, 2.45) is 0 Å². The fourth-order valence-electron chi connectivity index (χ4n) is 3.15. The van der Waals surface area contributed by atoms with Gasteiger partial charge in [-0.15, -0.1) is 0 Å². The molecule has 0 spiro atoms. The molecular weight excluding hydrogens is 208 g/mol. The Morgan fingerprint density at radius 1 is 1.18 bits per heavy atom. The zero-order valence-corrected chi connectivity index (χ0v) is 12.2. The summed E-state index contributed by atoms with van der Waals surface area (Å²) in [4.78, 5) is 2.82. The molecule has 1 saturated heterocycles. The van der Waals surface area contributed by atoms with Crippen molar-refractivity contribution in [3.05, 3.63) is 0 Å². The number of hydrogen-bond donors (Lipinski definition) is 1. The van der Waals surface area contributed by atoms with Gasteiger partial charge in [0.25, 0.3) is 0 Å². The lowest BCUT2D eigenvalue weighted by molar-refractivity contribution is 0.123. The van der Waals surface area contributed by atoms with Crippen LogP contribution in [0.5, 0.6) is 0 Å². The molecule has 0 amide bonds. The van der Waals surface area contributed by atoms with Crippen molar-refractivity contribution in [3.63, 3.8) is 0 Å². The maximum atomic E-state index is 3.55. The molecular formula is C15H32N2. The Kier molecular flexibility index (Phi) is 7.87. The summed E-state index contributed by atoms with van der Waals surface area (Å²) < 4.78 is 0. The summed E-state index contributed by atoms with van der Waals surface area (Å²) in [6.45, 7) is 10.5. The summed E-state index contributed by atoms with van der Waals surface area (Å²) in [5.41, 5.74) is 0. The number of nitrogens with zero attached hydrogens (tertiary/aromatic N) is 1. The molecule has 1 aliphatic heterocycles. The highest BCUT2D eigenvalue weighted by Gasteiger charge is 2.25. The van der Waals surface area contributed by atoms with E-state index in [9.17, 15) is 0 Å². The summed E-state index contributed by atoms with van der Waals surface area (Å²) in [7, 11) is 0. The summed E-state index contributed by atoms with van der Waals surface area (Å²) >= 11 is 0. The van der Waals surface area contributed by atoms with Crippen LogP contribution in [0.1, 0.15) is 65.7 Å². The predicted octanol–water partition coefficient (Wildman–Crippen LogP) is 3.42. The van der Waals surface area contributed by atoms with Crippen LogP contribution in [-0.4, -0.2) is 36.6 Å². The molecule has 0 aromatic heterocycles. The lowest BCUT2D eigenvalue weighted by Crippen LogP contribution is -2.47. The van der Waals surface area contributed by atoms with E-state index in [-0.39, 0.29) is 0 Å². The molecule has 1 fully saturated rings. The monoisotopic (exact) mass is 240 g/mol. The van der Waals surface area contributed by atoms with Gasteiger partial charge in [-0.2, -0.15) is 0 Å². The predicted molar refractivity (Wildman–Crippen MR) is 76.5 cm³/mol. The molecule has 0 radical (unpaired) electrons. The highest BCUT2D eigenvalue weighted by atomic mass is 15.2. The third-order valence-corrected chi connectivity index (χ3v) is 4.11. The normalized spacial score (nSPS) is 24.5.